The Morgan fingerprint density at radius 2 is 2.04 bits per heavy atom. The van der Waals surface area contributed by atoms with E-state index in [0.717, 1.165) is 44.6 Å². The summed E-state index contributed by atoms with van der Waals surface area (Å²) in [6.07, 6.45) is 1.72. The van der Waals surface area contributed by atoms with Crippen LogP contribution in [0, 0.1) is 18.8 Å². The van der Waals surface area contributed by atoms with Crippen molar-refractivity contribution in [3.8, 4) is 5.75 Å². The van der Waals surface area contributed by atoms with E-state index in [4.69, 9.17) is 17.3 Å². The molecule has 0 saturated carbocycles. The highest BCUT2D eigenvalue weighted by Gasteiger charge is 2.33. The molecule has 0 radical (unpaired) electrons. The van der Waals surface area contributed by atoms with E-state index in [0.29, 0.717) is 10.6 Å². The second-order valence-corrected chi connectivity index (χ2v) is 7.11. The van der Waals surface area contributed by atoms with Crippen molar-refractivity contribution in [1.82, 2.24) is 10.2 Å². The Morgan fingerprint density at radius 3 is 2.61 bits per heavy atom. The molecule has 1 aromatic carbocycles. The molecule has 2 fully saturated rings. The van der Waals surface area contributed by atoms with E-state index in [1.807, 2.05) is 11.8 Å². The molecule has 1 atom stereocenters. The third-order valence-corrected chi connectivity index (χ3v) is 5.56. The summed E-state index contributed by atoms with van der Waals surface area (Å²) in [6, 6.07) is 3.18. The van der Waals surface area contributed by atoms with Crippen LogP contribution in [0.5, 0.6) is 5.75 Å². The molecule has 0 unspecified atom stereocenters. The van der Waals surface area contributed by atoms with E-state index in [2.05, 4.69) is 5.32 Å². The van der Waals surface area contributed by atoms with Gasteiger partial charge in [-0.2, -0.15) is 0 Å². The molecule has 0 aliphatic carbocycles. The third-order valence-electron chi connectivity index (χ3n) is 5.16. The van der Waals surface area contributed by atoms with Crippen LogP contribution in [0.1, 0.15) is 30.0 Å². The molecule has 23 heavy (non-hydrogen) atoms. The standard InChI is InChI=1S/C17H24ClN3O2/c1-10-6-15(22)13(7-14(10)18)16(19)11-2-4-21(5-3-11)17(23)12-8-20-9-12/h6-7,11-12,16,20,22H,2-5,8-9,19H2,1H3/t16-/m1/s1. The van der Waals surface area contributed by atoms with E-state index >= 15 is 0 Å². The quantitative estimate of drug-likeness (QED) is 0.786. The minimum Gasteiger partial charge on any atom is -0.508 e. The summed E-state index contributed by atoms with van der Waals surface area (Å²) in [4.78, 5) is 14.2. The zero-order valence-electron chi connectivity index (χ0n) is 13.4. The first-order valence-electron chi connectivity index (χ1n) is 8.21. The number of aromatic hydroxyl groups is 1. The predicted octanol–water partition coefficient (Wildman–Crippen LogP) is 1.81. The Labute approximate surface area is 141 Å². The van der Waals surface area contributed by atoms with Crippen molar-refractivity contribution in [2.24, 2.45) is 17.6 Å². The minimum atomic E-state index is -0.254. The average Bonchev–Trinajstić information content (AvgIpc) is 2.48. The van der Waals surface area contributed by atoms with Gasteiger partial charge in [0.25, 0.3) is 0 Å². The van der Waals surface area contributed by atoms with Gasteiger partial charge in [0.05, 0.1) is 5.92 Å². The van der Waals surface area contributed by atoms with Gasteiger partial charge in [-0.25, -0.2) is 0 Å². The second-order valence-electron chi connectivity index (χ2n) is 6.70. The lowest BCUT2D eigenvalue weighted by Crippen LogP contribution is -2.53. The van der Waals surface area contributed by atoms with E-state index in [1.54, 1.807) is 12.1 Å². The van der Waals surface area contributed by atoms with E-state index in [1.165, 1.54) is 0 Å². The third kappa shape index (κ3) is 3.32. The number of hydrogen-bond donors (Lipinski definition) is 3. The van der Waals surface area contributed by atoms with Crippen LogP contribution >= 0.6 is 11.6 Å². The number of nitrogens with one attached hydrogen (secondary N) is 1. The number of likely N-dealkylation sites (tertiary alicyclic amines) is 1. The van der Waals surface area contributed by atoms with Crippen molar-refractivity contribution in [3.63, 3.8) is 0 Å². The number of nitrogens with zero attached hydrogens (tertiary/aromatic N) is 1. The second kappa shape index (κ2) is 6.67. The van der Waals surface area contributed by atoms with Crippen LogP contribution in [0.4, 0.5) is 0 Å². The van der Waals surface area contributed by atoms with Gasteiger partial charge in [-0.15, -0.1) is 0 Å². The molecule has 5 nitrogen and oxygen atoms in total. The number of piperidine rings is 1. The normalized spacial score (nSPS) is 21.1. The van der Waals surface area contributed by atoms with E-state index < -0.39 is 0 Å². The molecule has 1 aromatic rings. The lowest BCUT2D eigenvalue weighted by atomic mass is 9.85. The predicted molar refractivity (Wildman–Crippen MR) is 90.4 cm³/mol. The van der Waals surface area contributed by atoms with Gasteiger partial charge in [0.1, 0.15) is 5.75 Å². The number of aryl methyl sites for hydroxylation is 1. The number of rotatable bonds is 3. The number of carbonyl (C=O) groups is 1. The molecule has 2 aliphatic rings. The van der Waals surface area contributed by atoms with Crippen LogP contribution in [0.2, 0.25) is 5.02 Å². The molecule has 126 valence electrons. The van der Waals surface area contributed by atoms with Crippen LogP contribution in [0.15, 0.2) is 12.1 Å². The van der Waals surface area contributed by atoms with Gasteiger partial charge < -0.3 is 21.1 Å². The first-order valence-corrected chi connectivity index (χ1v) is 8.59. The average molecular weight is 338 g/mol. The molecule has 3 rings (SSSR count). The molecular formula is C17H24ClN3O2. The summed E-state index contributed by atoms with van der Waals surface area (Å²) >= 11 is 6.17. The first-order chi connectivity index (χ1) is 11.0. The fourth-order valence-corrected chi connectivity index (χ4v) is 3.58. The van der Waals surface area contributed by atoms with Gasteiger partial charge >= 0.3 is 0 Å². The Morgan fingerprint density at radius 1 is 1.39 bits per heavy atom. The molecule has 0 aromatic heterocycles. The van der Waals surface area contributed by atoms with E-state index in [9.17, 15) is 9.90 Å². The zero-order valence-corrected chi connectivity index (χ0v) is 14.1. The van der Waals surface area contributed by atoms with Crippen molar-refractivity contribution in [1.29, 1.82) is 0 Å². The van der Waals surface area contributed by atoms with Crippen molar-refractivity contribution >= 4 is 17.5 Å². The van der Waals surface area contributed by atoms with Crippen LogP contribution < -0.4 is 11.1 Å². The SMILES string of the molecule is Cc1cc(O)c([C@H](N)C2CCN(C(=O)C3CNC3)CC2)cc1Cl. The lowest BCUT2D eigenvalue weighted by Gasteiger charge is -2.38. The molecule has 2 saturated heterocycles. The summed E-state index contributed by atoms with van der Waals surface area (Å²) in [6.45, 7) is 4.95. The maximum atomic E-state index is 12.3. The minimum absolute atomic E-state index is 0.153. The van der Waals surface area contributed by atoms with Crippen LogP contribution in [0.25, 0.3) is 0 Å². The highest BCUT2D eigenvalue weighted by atomic mass is 35.5. The van der Waals surface area contributed by atoms with Crippen molar-refractivity contribution in [2.45, 2.75) is 25.8 Å². The summed E-state index contributed by atoms with van der Waals surface area (Å²) < 4.78 is 0. The summed E-state index contributed by atoms with van der Waals surface area (Å²) in [5.74, 6) is 0.874. The van der Waals surface area contributed by atoms with Gasteiger partial charge in [0.15, 0.2) is 0 Å². The first kappa shape index (κ1) is 16.6. The summed E-state index contributed by atoms with van der Waals surface area (Å²) in [5.41, 5.74) is 7.92. The number of benzene rings is 1. The molecule has 0 bridgehead atoms. The number of carbonyl (C=O) groups excluding carboxylic acids is 1. The van der Waals surface area contributed by atoms with Crippen LogP contribution in [0.3, 0.4) is 0 Å². The Hall–Kier alpha value is -1.30. The molecule has 6 heteroatoms. The molecule has 4 N–H and O–H groups in total. The number of halogens is 1. The van der Waals surface area contributed by atoms with Gasteiger partial charge in [0.2, 0.25) is 5.91 Å². The molecule has 2 heterocycles. The summed E-state index contributed by atoms with van der Waals surface area (Å²) in [7, 11) is 0. The number of phenolic OH excluding ortho intramolecular Hbond substituents is 1. The molecule has 2 aliphatic heterocycles. The molecule has 0 spiro atoms. The highest BCUT2D eigenvalue weighted by molar-refractivity contribution is 6.31. The van der Waals surface area contributed by atoms with Crippen molar-refractivity contribution < 1.29 is 9.90 Å². The van der Waals surface area contributed by atoms with Gasteiger partial charge in [-0.3, -0.25) is 4.79 Å². The number of amides is 1. The zero-order chi connectivity index (χ0) is 16.6. The number of hydrogen-bond acceptors (Lipinski definition) is 4. The van der Waals surface area contributed by atoms with Crippen LogP contribution in [-0.2, 0) is 4.79 Å². The molecular weight excluding hydrogens is 314 g/mol. The Kier molecular flexibility index (Phi) is 4.80. The number of nitrogens with two attached hydrogens (primary N) is 1. The topological polar surface area (TPSA) is 78.6 Å². The maximum absolute atomic E-state index is 12.3. The fraction of sp³-hybridized carbons (Fsp3) is 0.588. The van der Waals surface area contributed by atoms with Crippen LogP contribution in [-0.4, -0.2) is 42.1 Å². The smallest absolute Gasteiger partial charge is 0.228 e. The van der Waals surface area contributed by atoms with Gasteiger partial charge in [-0.05, 0) is 43.4 Å². The van der Waals surface area contributed by atoms with E-state index in [-0.39, 0.29) is 29.5 Å². The highest BCUT2D eigenvalue weighted by Crippen LogP contribution is 2.36. The number of phenols is 1. The van der Waals surface area contributed by atoms with Crippen molar-refractivity contribution in [3.05, 3.63) is 28.3 Å². The van der Waals surface area contributed by atoms with Gasteiger partial charge in [0, 0.05) is 42.8 Å². The summed E-state index contributed by atoms with van der Waals surface area (Å²) in [5, 5.41) is 13.9. The Balaban J connectivity index is 1.63. The lowest BCUT2D eigenvalue weighted by molar-refractivity contribution is -0.138. The van der Waals surface area contributed by atoms with Gasteiger partial charge in [-0.1, -0.05) is 11.6 Å². The van der Waals surface area contributed by atoms with Crippen molar-refractivity contribution in [2.75, 3.05) is 26.2 Å². The monoisotopic (exact) mass is 337 g/mol. The maximum Gasteiger partial charge on any atom is 0.228 e. The Bertz CT molecular complexity index is 596. The molecule has 1 amide bonds. The fourth-order valence-electron chi connectivity index (χ4n) is 3.40. The largest absolute Gasteiger partial charge is 0.508 e.